The number of pyridine rings is 1. The Balaban J connectivity index is 0.000000612. The number of hydrogen-bond acceptors (Lipinski definition) is 5. The third kappa shape index (κ3) is 8.01. The van der Waals surface area contributed by atoms with E-state index in [9.17, 15) is 0 Å². The number of carboxylic acids is 2. The van der Waals surface area contributed by atoms with Crippen LogP contribution in [0.1, 0.15) is 42.2 Å². The fourth-order valence-electron chi connectivity index (χ4n) is 2.86. The molecule has 0 saturated heterocycles. The van der Waals surface area contributed by atoms with Gasteiger partial charge in [0.05, 0.1) is 6.61 Å². The van der Waals surface area contributed by atoms with Gasteiger partial charge in [-0.25, -0.2) is 9.59 Å². The van der Waals surface area contributed by atoms with Crippen LogP contribution in [0, 0.1) is 0 Å². The summed E-state index contributed by atoms with van der Waals surface area (Å²) in [4.78, 5) is 24.5. The minimum absolute atomic E-state index is 0.0240. The Bertz CT molecular complexity index is 744. The van der Waals surface area contributed by atoms with E-state index >= 15 is 0 Å². The molecule has 29 heavy (non-hydrogen) atoms. The van der Waals surface area contributed by atoms with E-state index in [-0.39, 0.29) is 6.10 Å². The first-order valence-electron chi connectivity index (χ1n) is 9.54. The number of carboxylic acid groups (broad SMARTS) is 2. The van der Waals surface area contributed by atoms with Crippen molar-refractivity contribution in [3.8, 4) is 0 Å². The highest BCUT2D eigenvalue weighted by atomic mass is 16.5. The molecule has 0 bridgehead atoms. The van der Waals surface area contributed by atoms with Gasteiger partial charge in [-0.2, -0.15) is 0 Å². The first-order chi connectivity index (χ1) is 13.8. The van der Waals surface area contributed by atoms with E-state index in [1.165, 1.54) is 22.3 Å². The van der Waals surface area contributed by atoms with Crippen LogP contribution in [0.3, 0.4) is 0 Å². The Labute approximate surface area is 172 Å². The zero-order valence-corrected chi connectivity index (χ0v) is 17.5. The van der Waals surface area contributed by atoms with Gasteiger partial charge in [0.15, 0.2) is 0 Å². The average Bonchev–Trinajstić information content (AvgIpc) is 2.71. The first kappa shape index (κ1) is 24.3. The van der Waals surface area contributed by atoms with Gasteiger partial charge in [0.2, 0.25) is 0 Å². The Morgan fingerprint density at radius 2 is 1.52 bits per heavy atom. The smallest absolute Gasteiger partial charge is 0.414 e. The van der Waals surface area contributed by atoms with Crippen LogP contribution in [0.25, 0.3) is 0 Å². The second kappa shape index (κ2) is 12.6. The van der Waals surface area contributed by atoms with Crippen LogP contribution >= 0.6 is 0 Å². The molecule has 0 fully saturated rings. The van der Waals surface area contributed by atoms with Crippen molar-refractivity contribution in [2.75, 3.05) is 27.2 Å². The van der Waals surface area contributed by atoms with Gasteiger partial charge in [0, 0.05) is 18.9 Å². The second-order valence-corrected chi connectivity index (χ2v) is 6.64. The minimum atomic E-state index is -1.82. The SMILES string of the molecule is CCc1cccc(CC)c1C(OCCN(C)C)c1ccncc1.O=C(O)C(=O)O. The zero-order valence-electron chi connectivity index (χ0n) is 17.5. The lowest BCUT2D eigenvalue weighted by Crippen LogP contribution is -2.21. The Hall–Kier alpha value is -2.77. The maximum Gasteiger partial charge on any atom is 0.414 e. The zero-order chi connectivity index (χ0) is 21.8. The number of carbonyl (C=O) groups is 2. The van der Waals surface area contributed by atoms with Crippen molar-refractivity contribution in [2.45, 2.75) is 32.8 Å². The summed E-state index contributed by atoms with van der Waals surface area (Å²) in [6.45, 7) is 6.04. The fourth-order valence-corrected chi connectivity index (χ4v) is 2.86. The van der Waals surface area contributed by atoms with Gasteiger partial charge in [-0.15, -0.1) is 0 Å². The van der Waals surface area contributed by atoms with Gasteiger partial charge >= 0.3 is 11.9 Å². The van der Waals surface area contributed by atoms with Crippen LogP contribution in [0.5, 0.6) is 0 Å². The summed E-state index contributed by atoms with van der Waals surface area (Å²) >= 11 is 0. The van der Waals surface area contributed by atoms with Crippen LogP contribution in [0.2, 0.25) is 0 Å². The number of aliphatic carboxylic acids is 2. The molecule has 2 rings (SSSR count). The molecular formula is C22H30N2O5. The van der Waals surface area contributed by atoms with E-state index in [1.807, 2.05) is 12.4 Å². The molecule has 1 aromatic heterocycles. The molecule has 1 atom stereocenters. The van der Waals surface area contributed by atoms with E-state index in [4.69, 9.17) is 24.5 Å². The quantitative estimate of drug-likeness (QED) is 0.655. The maximum absolute atomic E-state index is 9.10. The van der Waals surface area contributed by atoms with Crippen molar-refractivity contribution in [1.29, 1.82) is 0 Å². The van der Waals surface area contributed by atoms with Gasteiger partial charge in [0.1, 0.15) is 6.10 Å². The molecule has 2 N–H and O–H groups in total. The number of aryl methyl sites for hydroxylation is 2. The maximum atomic E-state index is 9.10. The number of nitrogens with zero attached hydrogens (tertiary/aromatic N) is 2. The monoisotopic (exact) mass is 402 g/mol. The molecule has 0 spiro atoms. The molecule has 0 radical (unpaired) electrons. The highest BCUT2D eigenvalue weighted by Crippen LogP contribution is 2.32. The van der Waals surface area contributed by atoms with Crippen molar-refractivity contribution in [3.63, 3.8) is 0 Å². The van der Waals surface area contributed by atoms with Gasteiger partial charge in [-0.05, 0) is 61.3 Å². The highest BCUT2D eigenvalue weighted by molar-refractivity contribution is 6.27. The molecule has 7 nitrogen and oxygen atoms in total. The molecule has 7 heteroatoms. The molecule has 1 heterocycles. The van der Waals surface area contributed by atoms with Crippen molar-refractivity contribution < 1.29 is 24.5 Å². The van der Waals surface area contributed by atoms with Crippen LogP contribution in [0.15, 0.2) is 42.7 Å². The molecule has 0 saturated carbocycles. The Kier molecular flexibility index (Phi) is 10.6. The lowest BCUT2D eigenvalue weighted by molar-refractivity contribution is -0.159. The predicted octanol–water partition coefficient (Wildman–Crippen LogP) is 3.03. The van der Waals surface area contributed by atoms with Gasteiger partial charge < -0.3 is 19.8 Å². The molecule has 0 aliphatic heterocycles. The van der Waals surface area contributed by atoms with Crippen LogP contribution in [0.4, 0.5) is 0 Å². The summed E-state index contributed by atoms with van der Waals surface area (Å²) in [6, 6.07) is 10.7. The lowest BCUT2D eigenvalue weighted by atomic mass is 9.90. The van der Waals surface area contributed by atoms with Crippen LogP contribution in [-0.2, 0) is 27.2 Å². The fraction of sp³-hybridized carbons (Fsp3) is 0.409. The summed E-state index contributed by atoms with van der Waals surface area (Å²) < 4.78 is 6.34. The molecule has 1 aromatic carbocycles. The van der Waals surface area contributed by atoms with Crippen LogP contribution in [-0.4, -0.2) is 59.3 Å². The molecule has 0 amide bonds. The molecule has 2 aromatic rings. The second-order valence-electron chi connectivity index (χ2n) is 6.64. The molecular weight excluding hydrogens is 372 g/mol. The molecule has 1 unspecified atom stereocenters. The number of ether oxygens (including phenoxy) is 1. The van der Waals surface area contributed by atoms with E-state index in [0.717, 1.165) is 19.4 Å². The summed E-state index contributed by atoms with van der Waals surface area (Å²) in [5.74, 6) is -3.65. The largest absolute Gasteiger partial charge is 0.473 e. The van der Waals surface area contributed by atoms with Crippen molar-refractivity contribution >= 4 is 11.9 Å². The summed E-state index contributed by atoms with van der Waals surface area (Å²) in [6.07, 6.45) is 5.70. The lowest BCUT2D eigenvalue weighted by Gasteiger charge is -2.25. The minimum Gasteiger partial charge on any atom is -0.473 e. The van der Waals surface area contributed by atoms with E-state index in [2.05, 4.69) is 68.2 Å². The normalized spacial score (nSPS) is 11.5. The number of hydrogen-bond donors (Lipinski definition) is 2. The molecule has 0 aliphatic carbocycles. The average molecular weight is 402 g/mol. The standard InChI is InChI=1S/C20H28N2O.C2H2O4/c1-5-16-8-7-9-17(6-2)19(16)20(23-15-14-22(3)4)18-10-12-21-13-11-18;3-1(4)2(5)6/h7-13,20H,5-6,14-15H2,1-4H3;(H,3,4)(H,5,6). The summed E-state index contributed by atoms with van der Waals surface area (Å²) in [5.41, 5.74) is 5.25. The number of benzene rings is 1. The van der Waals surface area contributed by atoms with Crippen LogP contribution < -0.4 is 0 Å². The Morgan fingerprint density at radius 1 is 1.00 bits per heavy atom. The first-order valence-corrected chi connectivity index (χ1v) is 9.54. The number of likely N-dealkylation sites (N-methyl/N-ethyl adjacent to an activating group) is 1. The third-order valence-corrected chi connectivity index (χ3v) is 4.33. The van der Waals surface area contributed by atoms with Gasteiger partial charge in [0.25, 0.3) is 0 Å². The summed E-state index contributed by atoms with van der Waals surface area (Å²) in [5, 5.41) is 14.8. The van der Waals surface area contributed by atoms with E-state index in [1.54, 1.807) is 0 Å². The number of rotatable bonds is 8. The Morgan fingerprint density at radius 3 is 1.93 bits per heavy atom. The van der Waals surface area contributed by atoms with E-state index in [0.29, 0.717) is 6.61 Å². The molecule has 158 valence electrons. The van der Waals surface area contributed by atoms with Crippen molar-refractivity contribution in [2.24, 2.45) is 0 Å². The predicted molar refractivity (Wildman–Crippen MR) is 111 cm³/mol. The van der Waals surface area contributed by atoms with Gasteiger partial charge in [-0.3, -0.25) is 4.98 Å². The number of aromatic nitrogens is 1. The van der Waals surface area contributed by atoms with Crippen molar-refractivity contribution in [3.05, 3.63) is 65.0 Å². The van der Waals surface area contributed by atoms with E-state index < -0.39 is 11.9 Å². The van der Waals surface area contributed by atoms with Crippen molar-refractivity contribution in [1.82, 2.24) is 9.88 Å². The third-order valence-electron chi connectivity index (χ3n) is 4.33. The topological polar surface area (TPSA) is 100.0 Å². The highest BCUT2D eigenvalue weighted by Gasteiger charge is 2.20. The van der Waals surface area contributed by atoms with Gasteiger partial charge in [-0.1, -0.05) is 32.0 Å². The molecule has 0 aliphatic rings. The summed E-state index contributed by atoms with van der Waals surface area (Å²) in [7, 11) is 4.14.